The van der Waals surface area contributed by atoms with Gasteiger partial charge in [0.2, 0.25) is 5.91 Å². The first-order valence-corrected chi connectivity index (χ1v) is 6.18. The maximum absolute atomic E-state index is 11.9. The highest BCUT2D eigenvalue weighted by Crippen LogP contribution is 2.25. The third-order valence-electron chi connectivity index (χ3n) is 3.12. The Morgan fingerprint density at radius 1 is 1.41 bits per heavy atom. The Morgan fingerprint density at radius 2 is 2.12 bits per heavy atom. The minimum atomic E-state index is 0.0473. The molecule has 1 aliphatic heterocycles. The summed E-state index contributed by atoms with van der Waals surface area (Å²) in [5.41, 5.74) is 2.44. The molecule has 0 aromatic heterocycles. The van der Waals surface area contributed by atoms with Gasteiger partial charge in [0.15, 0.2) is 0 Å². The van der Waals surface area contributed by atoms with Gasteiger partial charge < -0.3 is 4.90 Å². The number of rotatable bonds is 3. The van der Waals surface area contributed by atoms with Crippen molar-refractivity contribution in [3.05, 3.63) is 35.4 Å². The van der Waals surface area contributed by atoms with Crippen LogP contribution < -0.4 is 5.32 Å². The number of aryl methyl sites for hydroxylation is 1. The number of benzene rings is 1. The summed E-state index contributed by atoms with van der Waals surface area (Å²) in [6, 6.07) is 8.25. The highest BCUT2D eigenvalue weighted by molar-refractivity contribution is 5.81. The molecule has 92 valence electrons. The lowest BCUT2D eigenvalue weighted by Gasteiger charge is -2.27. The molecule has 0 saturated carbocycles. The molecule has 1 N–H and O–H groups in total. The summed E-state index contributed by atoms with van der Waals surface area (Å²) in [5.74, 6) is 0.692. The van der Waals surface area contributed by atoms with E-state index in [4.69, 9.17) is 0 Å². The summed E-state index contributed by atoms with van der Waals surface area (Å²) >= 11 is 0. The first kappa shape index (κ1) is 12.1. The van der Waals surface area contributed by atoms with Crippen LogP contribution >= 0.6 is 0 Å². The highest BCUT2D eigenvalue weighted by atomic mass is 16.2. The fourth-order valence-corrected chi connectivity index (χ4v) is 2.31. The average molecular weight is 232 g/mol. The first-order chi connectivity index (χ1) is 8.09. The van der Waals surface area contributed by atoms with Crippen LogP contribution in [0.4, 0.5) is 0 Å². The molecule has 0 aliphatic carbocycles. The van der Waals surface area contributed by atoms with Gasteiger partial charge in [-0.25, -0.2) is 0 Å². The molecule has 1 saturated heterocycles. The van der Waals surface area contributed by atoms with Gasteiger partial charge in [0.05, 0.1) is 6.54 Å². The van der Waals surface area contributed by atoms with Crippen molar-refractivity contribution in [2.45, 2.75) is 26.9 Å². The Hall–Kier alpha value is -1.35. The van der Waals surface area contributed by atoms with Gasteiger partial charge >= 0.3 is 0 Å². The van der Waals surface area contributed by atoms with Crippen LogP contribution in [-0.4, -0.2) is 23.9 Å². The summed E-state index contributed by atoms with van der Waals surface area (Å²) in [4.78, 5) is 13.8. The van der Waals surface area contributed by atoms with Crippen molar-refractivity contribution in [1.82, 2.24) is 10.2 Å². The van der Waals surface area contributed by atoms with E-state index in [-0.39, 0.29) is 12.1 Å². The van der Waals surface area contributed by atoms with Gasteiger partial charge in [-0.15, -0.1) is 0 Å². The second-order valence-electron chi connectivity index (χ2n) is 5.08. The van der Waals surface area contributed by atoms with Crippen molar-refractivity contribution < 1.29 is 4.79 Å². The number of amides is 1. The van der Waals surface area contributed by atoms with Crippen LogP contribution in [0.5, 0.6) is 0 Å². The van der Waals surface area contributed by atoms with E-state index < -0.39 is 0 Å². The fourth-order valence-electron chi connectivity index (χ4n) is 2.31. The molecular weight excluding hydrogens is 212 g/mol. The van der Waals surface area contributed by atoms with Gasteiger partial charge in [0.1, 0.15) is 6.17 Å². The summed E-state index contributed by atoms with van der Waals surface area (Å²) in [6.07, 6.45) is 0.0473. The Morgan fingerprint density at radius 3 is 2.76 bits per heavy atom. The zero-order valence-electron chi connectivity index (χ0n) is 10.7. The number of carbonyl (C=O) groups is 1. The molecule has 0 bridgehead atoms. The van der Waals surface area contributed by atoms with Crippen LogP contribution in [0.3, 0.4) is 0 Å². The summed E-state index contributed by atoms with van der Waals surface area (Å²) in [7, 11) is 0. The van der Waals surface area contributed by atoms with Crippen LogP contribution in [0, 0.1) is 12.8 Å². The molecule has 0 spiro atoms. The zero-order chi connectivity index (χ0) is 12.4. The summed E-state index contributed by atoms with van der Waals surface area (Å²) in [6.45, 7) is 7.63. The van der Waals surface area contributed by atoms with E-state index in [1.807, 2.05) is 17.0 Å². The molecule has 1 unspecified atom stereocenters. The van der Waals surface area contributed by atoms with E-state index in [0.717, 1.165) is 6.54 Å². The second kappa shape index (κ2) is 4.88. The van der Waals surface area contributed by atoms with Gasteiger partial charge in [-0.2, -0.15) is 0 Å². The van der Waals surface area contributed by atoms with Gasteiger partial charge in [0.25, 0.3) is 0 Å². The lowest BCUT2D eigenvalue weighted by Crippen LogP contribution is -2.33. The SMILES string of the molecule is Cc1ccccc1C1NCC(=O)N1CC(C)C. The number of hydrogen-bond donors (Lipinski definition) is 1. The van der Waals surface area contributed by atoms with E-state index in [9.17, 15) is 4.79 Å². The Bertz CT molecular complexity index is 414. The largest absolute Gasteiger partial charge is 0.322 e. The van der Waals surface area contributed by atoms with E-state index in [0.29, 0.717) is 12.5 Å². The minimum Gasteiger partial charge on any atom is -0.322 e. The third-order valence-corrected chi connectivity index (χ3v) is 3.12. The molecule has 0 radical (unpaired) electrons. The summed E-state index contributed by atoms with van der Waals surface area (Å²) in [5, 5.41) is 3.30. The second-order valence-corrected chi connectivity index (χ2v) is 5.08. The van der Waals surface area contributed by atoms with Gasteiger partial charge in [0, 0.05) is 6.54 Å². The lowest BCUT2D eigenvalue weighted by atomic mass is 10.1. The van der Waals surface area contributed by atoms with Crippen LogP contribution in [0.15, 0.2) is 24.3 Å². The normalized spacial score (nSPS) is 20.4. The Labute approximate surface area is 103 Å². The minimum absolute atomic E-state index is 0.0473. The molecule has 1 heterocycles. The number of carbonyl (C=O) groups excluding carboxylic acids is 1. The highest BCUT2D eigenvalue weighted by Gasteiger charge is 2.32. The number of hydrogen-bond acceptors (Lipinski definition) is 2. The average Bonchev–Trinajstić information content (AvgIpc) is 2.61. The topological polar surface area (TPSA) is 32.3 Å². The summed E-state index contributed by atoms with van der Waals surface area (Å²) < 4.78 is 0. The molecule has 3 nitrogen and oxygen atoms in total. The van der Waals surface area contributed by atoms with Gasteiger partial charge in [-0.05, 0) is 24.0 Å². The molecule has 17 heavy (non-hydrogen) atoms. The van der Waals surface area contributed by atoms with Crippen LogP contribution in [0.2, 0.25) is 0 Å². The molecular formula is C14H20N2O. The molecule has 1 aromatic carbocycles. The molecule has 1 aliphatic rings. The number of nitrogens with zero attached hydrogens (tertiary/aromatic N) is 1. The van der Waals surface area contributed by atoms with E-state index in [1.165, 1.54) is 11.1 Å². The number of nitrogens with one attached hydrogen (secondary N) is 1. The van der Waals surface area contributed by atoms with Crippen molar-refractivity contribution in [3.8, 4) is 0 Å². The van der Waals surface area contributed by atoms with Crippen LogP contribution in [0.25, 0.3) is 0 Å². The van der Waals surface area contributed by atoms with E-state index in [1.54, 1.807) is 0 Å². The smallest absolute Gasteiger partial charge is 0.238 e. The van der Waals surface area contributed by atoms with Crippen molar-refractivity contribution in [2.24, 2.45) is 5.92 Å². The molecule has 1 atom stereocenters. The Balaban J connectivity index is 2.25. The predicted octanol–water partition coefficient (Wildman–Crippen LogP) is 2.08. The van der Waals surface area contributed by atoms with Crippen molar-refractivity contribution in [2.75, 3.05) is 13.1 Å². The molecule has 3 heteroatoms. The van der Waals surface area contributed by atoms with E-state index in [2.05, 4.69) is 38.2 Å². The van der Waals surface area contributed by atoms with E-state index >= 15 is 0 Å². The van der Waals surface area contributed by atoms with Gasteiger partial charge in [-0.1, -0.05) is 38.1 Å². The standard InChI is InChI=1S/C14H20N2O/c1-10(2)9-16-13(17)8-15-14(16)12-7-5-4-6-11(12)3/h4-7,10,14-15H,8-9H2,1-3H3. The maximum atomic E-state index is 11.9. The first-order valence-electron chi connectivity index (χ1n) is 6.18. The van der Waals surface area contributed by atoms with Crippen molar-refractivity contribution in [3.63, 3.8) is 0 Å². The van der Waals surface area contributed by atoms with Gasteiger partial charge in [-0.3, -0.25) is 10.1 Å². The quantitative estimate of drug-likeness (QED) is 0.865. The van der Waals surface area contributed by atoms with Crippen LogP contribution in [-0.2, 0) is 4.79 Å². The molecule has 1 aromatic rings. The molecule has 1 amide bonds. The zero-order valence-corrected chi connectivity index (χ0v) is 10.7. The Kier molecular flexibility index (Phi) is 3.48. The monoisotopic (exact) mass is 232 g/mol. The van der Waals surface area contributed by atoms with Crippen molar-refractivity contribution in [1.29, 1.82) is 0 Å². The molecule has 1 fully saturated rings. The third kappa shape index (κ3) is 2.50. The predicted molar refractivity (Wildman–Crippen MR) is 68.5 cm³/mol. The fraction of sp³-hybridized carbons (Fsp3) is 0.500. The van der Waals surface area contributed by atoms with Crippen LogP contribution in [0.1, 0.15) is 31.1 Å². The lowest BCUT2D eigenvalue weighted by molar-refractivity contribution is -0.128. The maximum Gasteiger partial charge on any atom is 0.238 e. The van der Waals surface area contributed by atoms with Crippen molar-refractivity contribution >= 4 is 5.91 Å². The molecule has 2 rings (SSSR count).